The van der Waals surface area contributed by atoms with Crippen molar-refractivity contribution in [3.8, 4) is 16.2 Å². The Morgan fingerprint density at radius 1 is 1.50 bits per heavy atom. The van der Waals surface area contributed by atoms with Crippen LogP contribution in [0.5, 0.6) is 5.75 Å². The number of benzene rings is 1. The monoisotopic (exact) mass is 263 g/mol. The molecule has 0 fully saturated rings. The van der Waals surface area contributed by atoms with Crippen LogP contribution in [0.15, 0.2) is 24.3 Å². The Hall–Kier alpha value is -1.88. The summed E-state index contributed by atoms with van der Waals surface area (Å²) < 4.78 is 5.15. The second kappa shape index (κ2) is 5.18. The van der Waals surface area contributed by atoms with Crippen molar-refractivity contribution in [2.45, 2.75) is 13.3 Å². The van der Waals surface area contributed by atoms with E-state index in [1.165, 1.54) is 11.3 Å². The van der Waals surface area contributed by atoms with Crippen LogP contribution in [0, 0.1) is 0 Å². The van der Waals surface area contributed by atoms with E-state index in [2.05, 4.69) is 4.98 Å². The molecular weight excluding hydrogens is 250 g/mol. The average Bonchev–Trinajstić information content (AvgIpc) is 2.83. The number of carbonyl (C=O) groups is 1. The van der Waals surface area contributed by atoms with Crippen molar-refractivity contribution in [3.05, 3.63) is 35.0 Å². The number of hydrogen-bond acceptors (Lipinski definition) is 4. The Kier molecular flexibility index (Phi) is 3.62. The highest BCUT2D eigenvalue weighted by atomic mass is 32.1. The van der Waals surface area contributed by atoms with Crippen molar-refractivity contribution in [1.82, 2.24) is 4.98 Å². The first-order valence-corrected chi connectivity index (χ1v) is 6.34. The van der Waals surface area contributed by atoms with Crippen LogP contribution in [-0.2, 0) is 6.42 Å². The van der Waals surface area contributed by atoms with Gasteiger partial charge in [0, 0.05) is 0 Å². The number of carboxylic acids is 1. The van der Waals surface area contributed by atoms with Gasteiger partial charge < -0.3 is 9.84 Å². The maximum Gasteiger partial charge on any atom is 0.356 e. The number of aromatic carboxylic acids is 1. The van der Waals surface area contributed by atoms with Gasteiger partial charge in [0.2, 0.25) is 0 Å². The zero-order valence-electron chi connectivity index (χ0n) is 10.1. The number of thiazole rings is 1. The molecule has 0 amide bonds. The Balaban J connectivity index is 2.54. The van der Waals surface area contributed by atoms with E-state index in [9.17, 15) is 9.90 Å². The van der Waals surface area contributed by atoms with Gasteiger partial charge >= 0.3 is 5.97 Å². The van der Waals surface area contributed by atoms with Gasteiger partial charge in [0.15, 0.2) is 5.69 Å². The summed E-state index contributed by atoms with van der Waals surface area (Å²) in [6.07, 6.45) is 0.731. The van der Waals surface area contributed by atoms with Gasteiger partial charge in [-0.2, -0.15) is 0 Å². The van der Waals surface area contributed by atoms with Crippen molar-refractivity contribution in [3.63, 3.8) is 0 Å². The molecule has 0 saturated carbocycles. The van der Waals surface area contributed by atoms with E-state index in [-0.39, 0.29) is 5.69 Å². The van der Waals surface area contributed by atoms with E-state index in [4.69, 9.17) is 4.74 Å². The molecule has 0 aliphatic heterocycles. The molecule has 1 aromatic carbocycles. The van der Waals surface area contributed by atoms with Crippen molar-refractivity contribution in [2.24, 2.45) is 0 Å². The van der Waals surface area contributed by atoms with Gasteiger partial charge in [0.25, 0.3) is 0 Å². The van der Waals surface area contributed by atoms with Crippen LogP contribution in [0.25, 0.3) is 10.4 Å². The zero-order valence-corrected chi connectivity index (χ0v) is 11.0. The number of aryl methyl sites for hydroxylation is 1. The smallest absolute Gasteiger partial charge is 0.356 e. The maximum absolute atomic E-state index is 11.2. The highest BCUT2D eigenvalue weighted by Gasteiger charge is 2.18. The average molecular weight is 263 g/mol. The van der Waals surface area contributed by atoms with Crippen LogP contribution in [0.1, 0.15) is 22.4 Å². The van der Waals surface area contributed by atoms with Crippen LogP contribution in [0.4, 0.5) is 0 Å². The first-order valence-electron chi connectivity index (χ1n) is 5.53. The Morgan fingerprint density at radius 2 is 2.28 bits per heavy atom. The summed E-state index contributed by atoms with van der Waals surface area (Å²) in [5.74, 6) is -0.293. The van der Waals surface area contributed by atoms with Gasteiger partial charge in [-0.1, -0.05) is 19.1 Å². The molecule has 0 spiro atoms. The Morgan fingerprint density at radius 3 is 2.89 bits per heavy atom. The highest BCUT2D eigenvalue weighted by Crippen LogP contribution is 2.32. The molecule has 1 heterocycles. The third kappa shape index (κ3) is 2.36. The fourth-order valence-electron chi connectivity index (χ4n) is 1.62. The van der Waals surface area contributed by atoms with Gasteiger partial charge in [-0.3, -0.25) is 0 Å². The molecule has 18 heavy (non-hydrogen) atoms. The third-order valence-electron chi connectivity index (χ3n) is 2.51. The SMILES string of the molecule is CCc1nc(C(=O)O)c(-c2cccc(OC)c2)s1. The lowest BCUT2D eigenvalue weighted by Gasteiger charge is -2.02. The standard InChI is InChI=1S/C13H13NO3S/c1-3-10-14-11(13(15)16)12(18-10)8-5-4-6-9(7-8)17-2/h4-7H,3H2,1-2H3,(H,15,16). The fraction of sp³-hybridized carbons (Fsp3) is 0.231. The predicted octanol–water partition coefficient (Wildman–Crippen LogP) is 3.08. The number of ether oxygens (including phenoxy) is 1. The number of nitrogens with zero attached hydrogens (tertiary/aromatic N) is 1. The summed E-state index contributed by atoms with van der Waals surface area (Å²) in [4.78, 5) is 16.0. The molecule has 5 heteroatoms. The van der Waals surface area contributed by atoms with Crippen molar-refractivity contribution < 1.29 is 14.6 Å². The van der Waals surface area contributed by atoms with Gasteiger partial charge in [-0.05, 0) is 24.1 Å². The van der Waals surface area contributed by atoms with Gasteiger partial charge in [-0.25, -0.2) is 9.78 Å². The lowest BCUT2D eigenvalue weighted by Crippen LogP contribution is -1.99. The molecule has 0 bridgehead atoms. The normalized spacial score (nSPS) is 10.3. The van der Waals surface area contributed by atoms with E-state index in [1.807, 2.05) is 31.2 Å². The summed E-state index contributed by atoms with van der Waals surface area (Å²) in [5.41, 5.74) is 0.939. The van der Waals surface area contributed by atoms with E-state index in [0.29, 0.717) is 10.6 Å². The van der Waals surface area contributed by atoms with Crippen molar-refractivity contribution >= 4 is 17.3 Å². The van der Waals surface area contributed by atoms with E-state index in [1.54, 1.807) is 7.11 Å². The molecule has 94 valence electrons. The highest BCUT2D eigenvalue weighted by molar-refractivity contribution is 7.15. The van der Waals surface area contributed by atoms with Gasteiger partial charge in [0.1, 0.15) is 5.75 Å². The third-order valence-corrected chi connectivity index (χ3v) is 3.76. The first kappa shape index (κ1) is 12.6. The van der Waals surface area contributed by atoms with E-state index >= 15 is 0 Å². The van der Waals surface area contributed by atoms with Gasteiger partial charge in [0.05, 0.1) is 17.0 Å². The number of carboxylic acid groups (broad SMARTS) is 1. The van der Waals surface area contributed by atoms with E-state index < -0.39 is 5.97 Å². The van der Waals surface area contributed by atoms with Crippen LogP contribution < -0.4 is 4.74 Å². The molecule has 2 aromatic rings. The molecule has 0 unspecified atom stereocenters. The molecule has 0 radical (unpaired) electrons. The topological polar surface area (TPSA) is 59.4 Å². The molecule has 0 aliphatic rings. The summed E-state index contributed by atoms with van der Waals surface area (Å²) in [5, 5.41) is 10.00. The quantitative estimate of drug-likeness (QED) is 0.920. The largest absolute Gasteiger partial charge is 0.497 e. The number of aromatic nitrogens is 1. The number of rotatable bonds is 4. The molecule has 4 nitrogen and oxygen atoms in total. The zero-order chi connectivity index (χ0) is 13.1. The molecule has 1 aromatic heterocycles. The molecular formula is C13H13NO3S. The number of methoxy groups -OCH3 is 1. The Bertz CT molecular complexity index is 577. The minimum atomic E-state index is -0.997. The van der Waals surface area contributed by atoms with Crippen LogP contribution >= 0.6 is 11.3 Å². The minimum Gasteiger partial charge on any atom is -0.497 e. The fourth-order valence-corrected chi connectivity index (χ4v) is 2.61. The molecule has 0 atom stereocenters. The predicted molar refractivity (Wildman–Crippen MR) is 70.4 cm³/mol. The Labute approximate surface area is 109 Å². The maximum atomic E-state index is 11.2. The summed E-state index contributed by atoms with van der Waals surface area (Å²) in [7, 11) is 1.58. The molecule has 0 saturated heterocycles. The summed E-state index contributed by atoms with van der Waals surface area (Å²) in [6, 6.07) is 7.35. The van der Waals surface area contributed by atoms with Crippen LogP contribution in [0.2, 0.25) is 0 Å². The molecule has 2 rings (SSSR count). The number of hydrogen-bond donors (Lipinski definition) is 1. The second-order valence-corrected chi connectivity index (χ2v) is 4.76. The van der Waals surface area contributed by atoms with Crippen molar-refractivity contribution in [2.75, 3.05) is 7.11 Å². The second-order valence-electron chi connectivity index (χ2n) is 3.68. The summed E-state index contributed by atoms with van der Waals surface area (Å²) in [6.45, 7) is 1.96. The van der Waals surface area contributed by atoms with Gasteiger partial charge in [-0.15, -0.1) is 11.3 Å². The molecule has 0 aliphatic carbocycles. The van der Waals surface area contributed by atoms with Crippen molar-refractivity contribution in [1.29, 1.82) is 0 Å². The summed E-state index contributed by atoms with van der Waals surface area (Å²) >= 11 is 1.41. The first-order chi connectivity index (χ1) is 8.65. The lowest BCUT2D eigenvalue weighted by molar-refractivity contribution is 0.0692. The lowest BCUT2D eigenvalue weighted by atomic mass is 10.1. The van der Waals surface area contributed by atoms with Crippen LogP contribution in [0.3, 0.4) is 0 Å². The minimum absolute atomic E-state index is 0.116. The molecule has 1 N–H and O–H groups in total. The van der Waals surface area contributed by atoms with Crippen LogP contribution in [-0.4, -0.2) is 23.2 Å². The van der Waals surface area contributed by atoms with E-state index in [0.717, 1.165) is 17.0 Å².